The fourth-order valence-electron chi connectivity index (χ4n) is 3.47. The lowest BCUT2D eigenvalue weighted by atomic mass is 10.0. The molecular weight excluding hydrogens is 408 g/mol. The van der Waals surface area contributed by atoms with Crippen molar-refractivity contribution in [2.24, 2.45) is 7.05 Å². The van der Waals surface area contributed by atoms with E-state index in [0.717, 1.165) is 18.2 Å². The maximum atomic E-state index is 14.6. The predicted molar refractivity (Wildman–Crippen MR) is 110 cm³/mol. The van der Waals surface area contributed by atoms with Gasteiger partial charge in [0.15, 0.2) is 5.82 Å². The number of aromatic nitrogens is 3. The van der Waals surface area contributed by atoms with E-state index in [0.29, 0.717) is 37.7 Å². The van der Waals surface area contributed by atoms with Gasteiger partial charge in [-0.1, -0.05) is 0 Å². The highest BCUT2D eigenvalue weighted by atomic mass is 19.1. The number of ether oxygens (including phenoxy) is 2. The van der Waals surface area contributed by atoms with Crippen LogP contribution in [0, 0.1) is 11.6 Å². The van der Waals surface area contributed by atoms with Crippen LogP contribution in [0.15, 0.2) is 36.7 Å². The average molecular weight is 429 g/mol. The predicted octanol–water partition coefficient (Wildman–Crippen LogP) is 2.86. The molecule has 2 aromatic heterocycles. The third-order valence-electron chi connectivity index (χ3n) is 4.93. The first kappa shape index (κ1) is 20.7. The molecule has 0 aliphatic carbocycles. The van der Waals surface area contributed by atoms with Crippen molar-refractivity contribution in [2.75, 3.05) is 43.6 Å². The van der Waals surface area contributed by atoms with Gasteiger partial charge < -0.3 is 19.7 Å². The summed E-state index contributed by atoms with van der Waals surface area (Å²) in [5.41, 5.74) is 0.798. The van der Waals surface area contributed by atoms with Crippen molar-refractivity contribution in [2.45, 2.75) is 0 Å². The molecule has 1 saturated heterocycles. The molecule has 0 spiro atoms. The molecule has 10 heteroatoms. The molecule has 0 radical (unpaired) electrons. The fourth-order valence-corrected chi connectivity index (χ4v) is 3.47. The Morgan fingerprint density at radius 2 is 1.97 bits per heavy atom. The average Bonchev–Trinajstić information content (AvgIpc) is 3.17. The van der Waals surface area contributed by atoms with E-state index in [1.807, 2.05) is 4.90 Å². The molecule has 8 nitrogen and oxygen atoms in total. The second-order valence-corrected chi connectivity index (χ2v) is 6.96. The summed E-state index contributed by atoms with van der Waals surface area (Å²) < 4.78 is 40.6. The van der Waals surface area contributed by atoms with E-state index in [1.165, 1.54) is 30.3 Å². The second-order valence-electron chi connectivity index (χ2n) is 6.96. The van der Waals surface area contributed by atoms with E-state index in [4.69, 9.17) is 9.47 Å². The molecule has 1 aliphatic heterocycles. The molecule has 1 fully saturated rings. The van der Waals surface area contributed by atoms with Crippen LogP contribution in [0.2, 0.25) is 0 Å². The van der Waals surface area contributed by atoms with E-state index in [2.05, 4.69) is 15.4 Å². The van der Waals surface area contributed by atoms with Gasteiger partial charge in [-0.25, -0.2) is 13.8 Å². The number of pyridine rings is 1. The van der Waals surface area contributed by atoms with Crippen molar-refractivity contribution in [3.8, 4) is 17.0 Å². The van der Waals surface area contributed by atoms with Crippen LogP contribution < -0.4 is 15.0 Å². The number of hydrogen-bond donors (Lipinski definition) is 1. The van der Waals surface area contributed by atoms with Gasteiger partial charge in [0.1, 0.15) is 17.2 Å². The van der Waals surface area contributed by atoms with Gasteiger partial charge in [0.25, 0.3) is 5.91 Å². The van der Waals surface area contributed by atoms with E-state index in [1.54, 1.807) is 7.05 Å². The molecule has 3 heterocycles. The Balaban J connectivity index is 1.82. The van der Waals surface area contributed by atoms with Crippen molar-refractivity contribution < 1.29 is 23.0 Å². The van der Waals surface area contributed by atoms with Gasteiger partial charge in [-0.3, -0.25) is 9.48 Å². The molecule has 0 atom stereocenters. The number of anilines is 2. The zero-order chi connectivity index (χ0) is 22.0. The molecule has 31 heavy (non-hydrogen) atoms. The number of amides is 1. The van der Waals surface area contributed by atoms with Gasteiger partial charge in [-0.15, -0.1) is 5.10 Å². The number of rotatable bonds is 5. The van der Waals surface area contributed by atoms with Crippen LogP contribution in [-0.2, 0) is 11.8 Å². The topological polar surface area (TPSA) is 81.5 Å². The van der Waals surface area contributed by atoms with Crippen molar-refractivity contribution in [1.29, 1.82) is 0 Å². The fraction of sp³-hybridized carbons (Fsp3) is 0.286. The SMILES string of the molecule is COc1nn(C)cc1C(=O)Nc1c(-c2cc(F)ccc2F)ccnc1N1CCOCC1. The summed E-state index contributed by atoms with van der Waals surface area (Å²) in [4.78, 5) is 19.4. The first-order chi connectivity index (χ1) is 15.0. The van der Waals surface area contributed by atoms with E-state index in [-0.39, 0.29) is 22.7 Å². The van der Waals surface area contributed by atoms with E-state index in [9.17, 15) is 13.6 Å². The van der Waals surface area contributed by atoms with Gasteiger partial charge in [0.05, 0.1) is 26.0 Å². The summed E-state index contributed by atoms with van der Waals surface area (Å²) in [6, 6.07) is 4.73. The minimum atomic E-state index is -0.616. The maximum Gasteiger partial charge on any atom is 0.262 e. The first-order valence-electron chi connectivity index (χ1n) is 9.64. The lowest BCUT2D eigenvalue weighted by molar-refractivity contribution is 0.102. The van der Waals surface area contributed by atoms with Crippen LogP contribution >= 0.6 is 0 Å². The second kappa shape index (κ2) is 8.68. The van der Waals surface area contributed by atoms with Crippen LogP contribution in [0.5, 0.6) is 5.88 Å². The molecule has 0 unspecified atom stereocenters. The number of methoxy groups -OCH3 is 1. The third-order valence-corrected chi connectivity index (χ3v) is 4.93. The molecule has 0 bridgehead atoms. The number of nitrogens with one attached hydrogen (secondary N) is 1. The third kappa shape index (κ3) is 4.19. The number of aryl methyl sites for hydroxylation is 1. The summed E-state index contributed by atoms with van der Waals surface area (Å²) in [7, 11) is 3.08. The van der Waals surface area contributed by atoms with Gasteiger partial charge in [-0.05, 0) is 24.3 Å². The zero-order valence-corrected chi connectivity index (χ0v) is 17.1. The highest BCUT2D eigenvalue weighted by Gasteiger charge is 2.25. The standard InChI is InChI=1S/C21H21F2N5O3/c1-27-12-16(21(26-27)30-2)20(29)25-18-14(15-11-13(22)3-4-17(15)23)5-6-24-19(18)28-7-9-31-10-8-28/h3-6,11-12H,7-10H2,1-2H3,(H,25,29). The number of benzene rings is 1. The van der Waals surface area contributed by atoms with E-state index >= 15 is 0 Å². The molecule has 1 aromatic carbocycles. The lowest BCUT2D eigenvalue weighted by Gasteiger charge is -2.30. The van der Waals surface area contributed by atoms with Gasteiger partial charge in [-0.2, -0.15) is 0 Å². The zero-order valence-electron chi connectivity index (χ0n) is 17.1. The Morgan fingerprint density at radius 1 is 1.19 bits per heavy atom. The minimum absolute atomic E-state index is 0.0189. The smallest absolute Gasteiger partial charge is 0.262 e. The Kier molecular flexibility index (Phi) is 5.81. The highest BCUT2D eigenvalue weighted by Crippen LogP contribution is 2.37. The lowest BCUT2D eigenvalue weighted by Crippen LogP contribution is -2.37. The molecule has 3 aromatic rings. The Morgan fingerprint density at radius 3 is 2.71 bits per heavy atom. The van der Waals surface area contributed by atoms with Crippen LogP contribution in [-0.4, -0.2) is 54.1 Å². The Hall–Kier alpha value is -3.53. The quantitative estimate of drug-likeness (QED) is 0.672. The molecule has 1 N–H and O–H groups in total. The largest absolute Gasteiger partial charge is 0.479 e. The van der Waals surface area contributed by atoms with Crippen molar-refractivity contribution in [3.63, 3.8) is 0 Å². The van der Waals surface area contributed by atoms with Crippen molar-refractivity contribution in [3.05, 3.63) is 53.9 Å². The Labute approximate surface area is 177 Å². The number of carbonyl (C=O) groups is 1. The number of carbonyl (C=O) groups excluding carboxylic acids is 1. The summed E-state index contributed by atoms with van der Waals surface area (Å²) in [5, 5.41) is 6.91. The van der Waals surface area contributed by atoms with Crippen molar-refractivity contribution >= 4 is 17.4 Å². The van der Waals surface area contributed by atoms with Gasteiger partial charge in [0.2, 0.25) is 5.88 Å². The molecular formula is C21H21F2N5O3. The molecule has 1 aliphatic rings. The first-order valence-corrected chi connectivity index (χ1v) is 9.64. The summed E-state index contributed by atoms with van der Waals surface area (Å²) >= 11 is 0. The monoisotopic (exact) mass is 429 g/mol. The number of hydrogen-bond acceptors (Lipinski definition) is 6. The normalized spacial score (nSPS) is 13.9. The maximum absolute atomic E-state index is 14.6. The Bertz CT molecular complexity index is 1110. The highest BCUT2D eigenvalue weighted by molar-refractivity contribution is 6.09. The van der Waals surface area contributed by atoms with Crippen LogP contribution in [0.25, 0.3) is 11.1 Å². The summed E-state index contributed by atoms with van der Waals surface area (Å²) in [6.45, 7) is 2.07. The van der Waals surface area contributed by atoms with Gasteiger partial charge >= 0.3 is 0 Å². The minimum Gasteiger partial charge on any atom is -0.479 e. The van der Waals surface area contributed by atoms with Crippen LogP contribution in [0.1, 0.15) is 10.4 Å². The number of morpholine rings is 1. The molecule has 1 amide bonds. The van der Waals surface area contributed by atoms with Crippen LogP contribution in [0.3, 0.4) is 0 Å². The van der Waals surface area contributed by atoms with Crippen molar-refractivity contribution in [1.82, 2.24) is 14.8 Å². The molecule has 162 valence electrons. The summed E-state index contributed by atoms with van der Waals surface area (Å²) in [6.07, 6.45) is 3.02. The number of halogens is 2. The van der Waals surface area contributed by atoms with E-state index < -0.39 is 17.5 Å². The van der Waals surface area contributed by atoms with Crippen LogP contribution in [0.4, 0.5) is 20.3 Å². The molecule has 0 saturated carbocycles. The summed E-state index contributed by atoms with van der Waals surface area (Å²) in [5.74, 6) is -1.12. The molecule has 4 rings (SSSR count). The van der Waals surface area contributed by atoms with Gasteiger partial charge in [0, 0.05) is 43.7 Å². The number of nitrogens with zero attached hydrogens (tertiary/aromatic N) is 4.